The Balaban J connectivity index is 2.08. The molecule has 18 heavy (non-hydrogen) atoms. The molecule has 1 saturated heterocycles. The average Bonchev–Trinajstić information content (AvgIpc) is 2.83. The number of carbonyl (C=O) groups excluding carboxylic acids is 2. The smallest absolute Gasteiger partial charge is 0.250 e. The van der Waals surface area contributed by atoms with Crippen molar-refractivity contribution < 1.29 is 9.59 Å². The van der Waals surface area contributed by atoms with Crippen molar-refractivity contribution in [3.63, 3.8) is 0 Å². The summed E-state index contributed by atoms with van der Waals surface area (Å²) >= 11 is 0. The van der Waals surface area contributed by atoms with Crippen LogP contribution in [0.5, 0.6) is 0 Å². The third kappa shape index (κ3) is 1.53. The molecule has 6 nitrogen and oxygen atoms in total. The van der Waals surface area contributed by atoms with Gasteiger partial charge < -0.3 is 10.6 Å². The van der Waals surface area contributed by atoms with Crippen LogP contribution in [0.1, 0.15) is 12.8 Å². The lowest BCUT2D eigenvalue weighted by Gasteiger charge is -2.37. The topological polar surface area (TPSA) is 79.5 Å². The molecule has 3 rings (SSSR count). The molecule has 0 saturated carbocycles. The van der Waals surface area contributed by atoms with Crippen LogP contribution in [0.4, 0.5) is 11.5 Å². The molecule has 2 aliphatic heterocycles. The molecule has 0 spiro atoms. The zero-order valence-electron chi connectivity index (χ0n) is 9.87. The summed E-state index contributed by atoms with van der Waals surface area (Å²) in [6, 6.07) is 3.38. The van der Waals surface area contributed by atoms with Gasteiger partial charge in [0.25, 0.3) is 0 Å². The van der Waals surface area contributed by atoms with E-state index >= 15 is 0 Å². The number of anilines is 2. The van der Waals surface area contributed by atoms with E-state index in [1.54, 1.807) is 18.3 Å². The summed E-state index contributed by atoms with van der Waals surface area (Å²) < 4.78 is 0. The summed E-state index contributed by atoms with van der Waals surface area (Å²) in [5, 5.41) is 0. The highest BCUT2D eigenvalue weighted by Gasteiger charge is 2.41. The highest BCUT2D eigenvalue weighted by Crippen LogP contribution is 2.37. The van der Waals surface area contributed by atoms with Gasteiger partial charge in [0, 0.05) is 12.7 Å². The van der Waals surface area contributed by atoms with E-state index in [4.69, 9.17) is 5.73 Å². The third-order valence-corrected chi connectivity index (χ3v) is 3.45. The molecule has 1 aromatic rings. The van der Waals surface area contributed by atoms with Crippen LogP contribution < -0.4 is 15.5 Å². The van der Waals surface area contributed by atoms with E-state index in [0.717, 1.165) is 25.2 Å². The second-order valence-corrected chi connectivity index (χ2v) is 4.59. The maximum absolute atomic E-state index is 12.4. The number of carbonyl (C=O) groups is 2. The fraction of sp³-hybridized carbons (Fsp3) is 0.417. The van der Waals surface area contributed by atoms with Gasteiger partial charge in [0.05, 0.1) is 5.69 Å². The molecule has 2 amide bonds. The highest BCUT2D eigenvalue weighted by atomic mass is 16.2. The van der Waals surface area contributed by atoms with Gasteiger partial charge in [-0.1, -0.05) is 0 Å². The third-order valence-electron chi connectivity index (χ3n) is 3.45. The Labute approximate surface area is 104 Å². The van der Waals surface area contributed by atoms with Crippen molar-refractivity contribution >= 4 is 23.3 Å². The average molecular weight is 246 g/mol. The summed E-state index contributed by atoms with van der Waals surface area (Å²) in [6.45, 7) is 0.757. The molecule has 1 fully saturated rings. The Bertz CT molecular complexity index is 517. The molecule has 0 radical (unpaired) electrons. The molecule has 0 aliphatic carbocycles. The number of rotatable bonds is 2. The predicted octanol–water partition coefficient (Wildman–Crippen LogP) is -0.118. The number of hydrogen-bond acceptors (Lipinski definition) is 4. The molecule has 1 atom stereocenters. The van der Waals surface area contributed by atoms with Gasteiger partial charge in [-0.2, -0.15) is 0 Å². The summed E-state index contributed by atoms with van der Waals surface area (Å²) in [6.07, 6.45) is 3.48. The highest BCUT2D eigenvalue weighted by molar-refractivity contribution is 6.07. The molecule has 6 heteroatoms. The van der Waals surface area contributed by atoms with Crippen molar-refractivity contribution in [2.24, 2.45) is 5.73 Å². The summed E-state index contributed by atoms with van der Waals surface area (Å²) in [5.41, 5.74) is 5.89. The van der Waals surface area contributed by atoms with Gasteiger partial charge in [0.2, 0.25) is 11.8 Å². The molecule has 0 unspecified atom stereocenters. The Morgan fingerprint density at radius 2 is 2.39 bits per heavy atom. The number of aromatic nitrogens is 1. The largest absolute Gasteiger partial charge is 0.368 e. The Morgan fingerprint density at radius 3 is 3.17 bits per heavy atom. The number of pyridine rings is 1. The second-order valence-electron chi connectivity index (χ2n) is 4.59. The van der Waals surface area contributed by atoms with Crippen LogP contribution in [0.25, 0.3) is 0 Å². The van der Waals surface area contributed by atoms with Crippen LogP contribution in [0.3, 0.4) is 0 Å². The lowest BCUT2D eigenvalue weighted by molar-refractivity contribution is -0.123. The molecular weight excluding hydrogens is 232 g/mol. The lowest BCUT2D eigenvalue weighted by Crippen LogP contribution is -2.53. The summed E-state index contributed by atoms with van der Waals surface area (Å²) in [7, 11) is 0. The first-order chi connectivity index (χ1) is 8.68. The number of primary amides is 1. The minimum Gasteiger partial charge on any atom is -0.368 e. The number of nitrogens with two attached hydrogens (primary N) is 1. The minimum atomic E-state index is -0.510. The normalized spacial score (nSPS) is 21.8. The van der Waals surface area contributed by atoms with Crippen LogP contribution in [0.15, 0.2) is 18.3 Å². The number of hydrogen-bond donors (Lipinski definition) is 1. The Kier molecular flexibility index (Phi) is 2.43. The maximum Gasteiger partial charge on any atom is 0.250 e. The number of amides is 2. The van der Waals surface area contributed by atoms with Gasteiger partial charge in [-0.3, -0.25) is 14.5 Å². The molecule has 2 N–H and O–H groups in total. The zero-order chi connectivity index (χ0) is 12.7. The van der Waals surface area contributed by atoms with Crippen molar-refractivity contribution in [1.82, 2.24) is 4.98 Å². The van der Waals surface area contributed by atoms with Crippen molar-refractivity contribution in [2.75, 3.05) is 22.9 Å². The van der Waals surface area contributed by atoms with Crippen molar-refractivity contribution in [3.8, 4) is 0 Å². The minimum absolute atomic E-state index is 0.0493. The first-order valence-corrected chi connectivity index (χ1v) is 6.00. The molecule has 0 aromatic carbocycles. The van der Waals surface area contributed by atoms with Crippen LogP contribution in [0.2, 0.25) is 0 Å². The number of nitrogens with zero attached hydrogens (tertiary/aromatic N) is 3. The molecule has 3 heterocycles. The van der Waals surface area contributed by atoms with Crippen molar-refractivity contribution in [3.05, 3.63) is 18.3 Å². The summed E-state index contributed by atoms with van der Waals surface area (Å²) in [5.74, 6) is 0.220. The van der Waals surface area contributed by atoms with Gasteiger partial charge in [0.15, 0.2) is 5.82 Å². The van der Waals surface area contributed by atoms with Gasteiger partial charge >= 0.3 is 0 Å². The fourth-order valence-corrected chi connectivity index (χ4v) is 2.71. The SMILES string of the molecule is NC(=O)CN1C(=O)[C@H]2CCCN2c2ncccc21. The van der Waals surface area contributed by atoms with Crippen LogP contribution in [0, 0.1) is 0 Å². The van der Waals surface area contributed by atoms with Crippen molar-refractivity contribution in [1.29, 1.82) is 0 Å². The molecule has 0 bridgehead atoms. The standard InChI is InChI=1S/C12H14N4O2/c13-10(17)7-16-8-3-1-5-14-11(8)15-6-2-4-9(15)12(16)18/h1,3,5,9H,2,4,6-7H2,(H2,13,17)/t9-/m1/s1. The van der Waals surface area contributed by atoms with E-state index in [2.05, 4.69) is 4.98 Å². The van der Waals surface area contributed by atoms with E-state index < -0.39 is 5.91 Å². The van der Waals surface area contributed by atoms with Crippen molar-refractivity contribution in [2.45, 2.75) is 18.9 Å². The van der Waals surface area contributed by atoms with E-state index in [0.29, 0.717) is 5.69 Å². The monoisotopic (exact) mass is 246 g/mol. The Morgan fingerprint density at radius 1 is 1.56 bits per heavy atom. The molecular formula is C12H14N4O2. The van der Waals surface area contributed by atoms with E-state index in [1.807, 2.05) is 4.90 Å². The van der Waals surface area contributed by atoms with Gasteiger partial charge in [-0.05, 0) is 25.0 Å². The molecule has 94 valence electrons. The van der Waals surface area contributed by atoms with Crippen LogP contribution in [-0.2, 0) is 9.59 Å². The van der Waals surface area contributed by atoms with Gasteiger partial charge in [-0.25, -0.2) is 4.98 Å². The second kappa shape index (κ2) is 3.97. The molecule has 2 aliphatic rings. The van der Waals surface area contributed by atoms with Gasteiger partial charge in [0.1, 0.15) is 12.6 Å². The maximum atomic E-state index is 12.4. The summed E-state index contributed by atoms with van der Waals surface area (Å²) in [4.78, 5) is 31.3. The van der Waals surface area contributed by atoms with Crippen LogP contribution >= 0.6 is 0 Å². The first-order valence-electron chi connectivity index (χ1n) is 6.00. The van der Waals surface area contributed by atoms with E-state index in [9.17, 15) is 9.59 Å². The predicted molar refractivity (Wildman–Crippen MR) is 66.2 cm³/mol. The number of fused-ring (bicyclic) bond motifs is 3. The van der Waals surface area contributed by atoms with E-state index in [1.165, 1.54) is 4.90 Å². The quantitative estimate of drug-likeness (QED) is 0.789. The van der Waals surface area contributed by atoms with E-state index in [-0.39, 0.29) is 18.5 Å². The zero-order valence-corrected chi connectivity index (χ0v) is 9.87. The molecule has 1 aromatic heterocycles. The first kappa shape index (κ1) is 11.0. The Hall–Kier alpha value is -2.11. The lowest BCUT2D eigenvalue weighted by atomic mass is 10.1. The van der Waals surface area contributed by atoms with Crippen LogP contribution in [-0.4, -0.2) is 35.9 Å². The fourth-order valence-electron chi connectivity index (χ4n) is 2.71. The van der Waals surface area contributed by atoms with Gasteiger partial charge in [-0.15, -0.1) is 0 Å².